The predicted molar refractivity (Wildman–Crippen MR) is 48.8 cm³/mol. The Morgan fingerprint density at radius 2 is 1.87 bits per heavy atom. The lowest BCUT2D eigenvalue weighted by Crippen LogP contribution is -2.13. The van der Waals surface area contributed by atoms with Gasteiger partial charge in [-0.3, -0.25) is 0 Å². The quantitative estimate of drug-likeness (QED) is 0.774. The van der Waals surface area contributed by atoms with Gasteiger partial charge in [0.15, 0.2) is 0 Å². The van der Waals surface area contributed by atoms with Crippen LogP contribution in [0, 0.1) is 5.82 Å². The van der Waals surface area contributed by atoms with Crippen LogP contribution < -0.4 is 5.32 Å². The molecule has 0 aliphatic carbocycles. The van der Waals surface area contributed by atoms with Gasteiger partial charge in [-0.1, -0.05) is 6.92 Å². The number of halogens is 4. The van der Waals surface area contributed by atoms with Gasteiger partial charge in [-0.15, -0.1) is 0 Å². The van der Waals surface area contributed by atoms with Crippen LogP contribution in [0.4, 0.5) is 17.6 Å². The van der Waals surface area contributed by atoms with Crippen molar-refractivity contribution in [3.8, 4) is 0 Å². The number of rotatable bonds is 3. The van der Waals surface area contributed by atoms with Crippen LogP contribution in [-0.4, -0.2) is 6.54 Å². The molecule has 1 aromatic carbocycles. The molecule has 0 atom stereocenters. The molecule has 0 radical (unpaired) electrons. The van der Waals surface area contributed by atoms with Crippen molar-refractivity contribution in [2.45, 2.75) is 19.6 Å². The van der Waals surface area contributed by atoms with Crippen molar-refractivity contribution >= 4 is 0 Å². The second-order valence-corrected chi connectivity index (χ2v) is 3.13. The maximum Gasteiger partial charge on any atom is 0.416 e. The van der Waals surface area contributed by atoms with Gasteiger partial charge in [0.25, 0.3) is 0 Å². The molecule has 1 aromatic rings. The molecule has 0 aliphatic heterocycles. The summed E-state index contributed by atoms with van der Waals surface area (Å²) in [7, 11) is 0. The zero-order chi connectivity index (χ0) is 11.5. The van der Waals surface area contributed by atoms with E-state index in [1.54, 1.807) is 0 Å². The third kappa shape index (κ3) is 3.51. The Kier molecular flexibility index (Phi) is 3.68. The van der Waals surface area contributed by atoms with E-state index in [1.807, 2.05) is 6.92 Å². The highest BCUT2D eigenvalue weighted by molar-refractivity contribution is 5.26. The van der Waals surface area contributed by atoms with E-state index in [0.717, 1.165) is 12.1 Å². The molecule has 84 valence electrons. The third-order valence-electron chi connectivity index (χ3n) is 1.86. The van der Waals surface area contributed by atoms with Crippen LogP contribution >= 0.6 is 0 Å². The van der Waals surface area contributed by atoms with Crippen molar-refractivity contribution in [2.24, 2.45) is 0 Å². The van der Waals surface area contributed by atoms with Gasteiger partial charge in [-0.25, -0.2) is 4.39 Å². The lowest BCUT2D eigenvalue weighted by Gasteiger charge is -2.09. The Morgan fingerprint density at radius 1 is 1.20 bits per heavy atom. The summed E-state index contributed by atoms with van der Waals surface area (Å²) in [4.78, 5) is 0. The van der Waals surface area contributed by atoms with Crippen molar-refractivity contribution in [1.29, 1.82) is 0 Å². The summed E-state index contributed by atoms with van der Waals surface area (Å²) >= 11 is 0. The minimum atomic E-state index is -4.50. The van der Waals surface area contributed by atoms with Gasteiger partial charge in [0, 0.05) is 6.54 Å². The Bertz CT molecular complexity index is 333. The van der Waals surface area contributed by atoms with Crippen molar-refractivity contribution in [2.75, 3.05) is 6.54 Å². The summed E-state index contributed by atoms with van der Waals surface area (Å²) in [5.74, 6) is -0.863. The highest BCUT2D eigenvalue weighted by atomic mass is 19.4. The van der Waals surface area contributed by atoms with Crippen molar-refractivity contribution in [3.63, 3.8) is 0 Å². The molecule has 0 aromatic heterocycles. The minimum Gasteiger partial charge on any atom is -0.313 e. The Balaban J connectivity index is 2.95. The standard InChI is InChI=1S/C10H11F4N/c1-2-15-6-7-3-8(10(12,13)14)5-9(11)4-7/h3-5,15H,2,6H2,1H3. The number of alkyl halides is 3. The molecule has 1 rings (SSSR count). The average Bonchev–Trinajstić information content (AvgIpc) is 2.12. The molecule has 0 unspecified atom stereocenters. The molecular weight excluding hydrogens is 210 g/mol. The summed E-state index contributed by atoms with van der Waals surface area (Å²) in [6, 6.07) is 2.54. The van der Waals surface area contributed by atoms with Crippen LogP contribution in [0.5, 0.6) is 0 Å². The molecule has 0 spiro atoms. The number of hydrogen-bond acceptors (Lipinski definition) is 1. The van der Waals surface area contributed by atoms with Gasteiger partial charge >= 0.3 is 6.18 Å². The molecule has 0 fully saturated rings. The van der Waals surface area contributed by atoms with E-state index in [1.165, 1.54) is 0 Å². The van der Waals surface area contributed by atoms with Gasteiger partial charge in [0.05, 0.1) is 5.56 Å². The number of nitrogens with one attached hydrogen (secondary N) is 1. The predicted octanol–water partition coefficient (Wildman–Crippen LogP) is 2.95. The van der Waals surface area contributed by atoms with Gasteiger partial charge in [0.2, 0.25) is 0 Å². The van der Waals surface area contributed by atoms with Gasteiger partial charge < -0.3 is 5.32 Å². The molecule has 15 heavy (non-hydrogen) atoms. The largest absolute Gasteiger partial charge is 0.416 e. The molecule has 0 bridgehead atoms. The minimum absolute atomic E-state index is 0.233. The fourth-order valence-corrected chi connectivity index (χ4v) is 1.19. The Hall–Kier alpha value is -1.10. The normalized spacial score (nSPS) is 11.8. The van der Waals surface area contributed by atoms with E-state index in [2.05, 4.69) is 5.32 Å². The van der Waals surface area contributed by atoms with Crippen molar-refractivity contribution < 1.29 is 17.6 Å². The first kappa shape index (κ1) is 12.0. The fraction of sp³-hybridized carbons (Fsp3) is 0.400. The number of benzene rings is 1. The maximum absolute atomic E-state index is 12.9. The van der Waals surface area contributed by atoms with Crippen LogP contribution in [0.1, 0.15) is 18.1 Å². The molecule has 0 amide bonds. The monoisotopic (exact) mass is 221 g/mol. The van der Waals surface area contributed by atoms with Gasteiger partial charge in [0.1, 0.15) is 5.82 Å². The van der Waals surface area contributed by atoms with Crippen LogP contribution in [0.25, 0.3) is 0 Å². The van der Waals surface area contributed by atoms with Crippen LogP contribution in [0.3, 0.4) is 0 Å². The highest BCUT2D eigenvalue weighted by Gasteiger charge is 2.31. The summed E-state index contributed by atoms with van der Waals surface area (Å²) in [5, 5.41) is 2.84. The molecular formula is C10H11F4N. The lowest BCUT2D eigenvalue weighted by atomic mass is 10.1. The van der Waals surface area contributed by atoms with E-state index in [4.69, 9.17) is 0 Å². The van der Waals surface area contributed by atoms with Gasteiger partial charge in [-0.05, 0) is 30.3 Å². The topological polar surface area (TPSA) is 12.0 Å². The summed E-state index contributed by atoms with van der Waals surface area (Å²) in [6.07, 6.45) is -4.50. The summed E-state index contributed by atoms with van der Waals surface area (Å²) in [6.45, 7) is 2.68. The Labute approximate surface area is 85.1 Å². The van der Waals surface area contributed by atoms with E-state index >= 15 is 0 Å². The lowest BCUT2D eigenvalue weighted by molar-refractivity contribution is -0.137. The van der Waals surface area contributed by atoms with E-state index in [-0.39, 0.29) is 6.54 Å². The summed E-state index contributed by atoms with van der Waals surface area (Å²) < 4.78 is 49.7. The molecule has 1 N–H and O–H groups in total. The second-order valence-electron chi connectivity index (χ2n) is 3.13. The SMILES string of the molecule is CCNCc1cc(F)cc(C(F)(F)F)c1. The summed E-state index contributed by atoms with van der Waals surface area (Å²) in [5.41, 5.74) is -0.653. The van der Waals surface area contributed by atoms with Crippen LogP contribution in [0.15, 0.2) is 18.2 Å². The van der Waals surface area contributed by atoms with Crippen LogP contribution in [0.2, 0.25) is 0 Å². The van der Waals surface area contributed by atoms with E-state index < -0.39 is 17.6 Å². The van der Waals surface area contributed by atoms with E-state index in [0.29, 0.717) is 18.2 Å². The maximum atomic E-state index is 12.9. The first-order valence-corrected chi connectivity index (χ1v) is 4.51. The smallest absolute Gasteiger partial charge is 0.313 e. The molecule has 0 heterocycles. The molecule has 1 nitrogen and oxygen atoms in total. The average molecular weight is 221 g/mol. The molecule has 0 saturated carbocycles. The van der Waals surface area contributed by atoms with Crippen molar-refractivity contribution in [1.82, 2.24) is 5.32 Å². The van der Waals surface area contributed by atoms with Crippen molar-refractivity contribution in [3.05, 3.63) is 35.1 Å². The fourth-order valence-electron chi connectivity index (χ4n) is 1.19. The van der Waals surface area contributed by atoms with E-state index in [9.17, 15) is 17.6 Å². The van der Waals surface area contributed by atoms with Crippen LogP contribution in [-0.2, 0) is 12.7 Å². The number of hydrogen-bond donors (Lipinski definition) is 1. The zero-order valence-electron chi connectivity index (χ0n) is 8.16. The third-order valence-corrected chi connectivity index (χ3v) is 1.86. The first-order valence-electron chi connectivity index (χ1n) is 4.51. The highest BCUT2D eigenvalue weighted by Crippen LogP contribution is 2.30. The molecule has 0 aliphatic rings. The van der Waals surface area contributed by atoms with Gasteiger partial charge in [-0.2, -0.15) is 13.2 Å². The first-order chi connectivity index (χ1) is 6.93. The molecule has 5 heteroatoms. The zero-order valence-corrected chi connectivity index (χ0v) is 8.16. The molecule has 0 saturated heterocycles. The Morgan fingerprint density at radius 3 is 2.40 bits per heavy atom. The second kappa shape index (κ2) is 4.61.